The number of amides is 2. The van der Waals surface area contributed by atoms with Crippen LogP contribution in [0.25, 0.3) is 0 Å². The van der Waals surface area contributed by atoms with E-state index in [4.69, 9.17) is 11.6 Å². The Hall–Kier alpha value is -1.98. The number of carbonyl (C=O) groups excluding carboxylic acids is 2. The zero-order valence-corrected chi connectivity index (χ0v) is 19.7. The molecule has 162 valence electrons. The van der Waals surface area contributed by atoms with E-state index in [1.165, 1.54) is 11.8 Å². The Bertz CT molecular complexity index is 859. The van der Waals surface area contributed by atoms with Crippen molar-refractivity contribution >= 4 is 35.2 Å². The minimum absolute atomic E-state index is 0.0536. The summed E-state index contributed by atoms with van der Waals surface area (Å²) in [6, 6.07) is 15.1. The van der Waals surface area contributed by atoms with Gasteiger partial charge in [0.25, 0.3) is 0 Å². The predicted octanol–water partition coefficient (Wildman–Crippen LogP) is 5.21. The second-order valence-electron chi connectivity index (χ2n) is 7.53. The summed E-state index contributed by atoms with van der Waals surface area (Å²) < 4.78 is 0. The van der Waals surface area contributed by atoms with Crippen LogP contribution in [0.1, 0.15) is 43.9 Å². The highest BCUT2D eigenvalue weighted by molar-refractivity contribution is 7.99. The molecule has 2 rings (SSSR count). The molecule has 0 saturated carbocycles. The van der Waals surface area contributed by atoms with Crippen molar-refractivity contribution in [3.8, 4) is 0 Å². The van der Waals surface area contributed by atoms with Crippen LogP contribution in [0, 0.1) is 6.92 Å². The molecule has 0 aliphatic rings. The Kier molecular flexibility index (Phi) is 9.73. The van der Waals surface area contributed by atoms with Gasteiger partial charge in [-0.2, -0.15) is 0 Å². The molecular weight excluding hydrogens is 416 g/mol. The van der Waals surface area contributed by atoms with Crippen LogP contribution in [0.5, 0.6) is 0 Å². The summed E-state index contributed by atoms with van der Waals surface area (Å²) in [6.45, 7) is 8.22. The smallest absolute Gasteiger partial charge is 0.242 e. The molecule has 0 radical (unpaired) electrons. The number of hydrogen-bond acceptors (Lipinski definition) is 3. The molecule has 0 aliphatic heterocycles. The normalized spacial score (nSPS) is 12.8. The molecule has 0 unspecified atom stereocenters. The quantitative estimate of drug-likeness (QED) is 0.544. The minimum Gasteiger partial charge on any atom is -0.352 e. The van der Waals surface area contributed by atoms with Gasteiger partial charge in [0.15, 0.2) is 0 Å². The zero-order chi connectivity index (χ0) is 22.1. The maximum atomic E-state index is 13.1. The summed E-state index contributed by atoms with van der Waals surface area (Å²) in [5.41, 5.74) is 3.16. The van der Waals surface area contributed by atoms with Crippen molar-refractivity contribution in [3.05, 3.63) is 70.2 Å². The lowest BCUT2D eigenvalue weighted by molar-refractivity contribution is -0.138. The van der Waals surface area contributed by atoms with E-state index in [1.54, 1.807) is 11.8 Å². The van der Waals surface area contributed by atoms with Crippen molar-refractivity contribution in [3.63, 3.8) is 0 Å². The third-order valence-corrected chi connectivity index (χ3v) is 6.55. The molecule has 0 aliphatic carbocycles. The maximum Gasteiger partial charge on any atom is 0.242 e. The molecule has 0 spiro atoms. The average molecular weight is 447 g/mol. The third kappa shape index (κ3) is 7.06. The van der Waals surface area contributed by atoms with Gasteiger partial charge >= 0.3 is 0 Å². The summed E-state index contributed by atoms with van der Waals surface area (Å²) in [5.74, 6) is 0.763. The van der Waals surface area contributed by atoms with Crippen LogP contribution in [-0.2, 0) is 21.9 Å². The van der Waals surface area contributed by atoms with Crippen LogP contribution in [-0.4, -0.2) is 34.6 Å². The summed E-state index contributed by atoms with van der Waals surface area (Å²) in [5, 5.41) is 3.70. The average Bonchev–Trinajstić information content (AvgIpc) is 2.73. The van der Waals surface area contributed by atoms with E-state index in [-0.39, 0.29) is 23.6 Å². The van der Waals surface area contributed by atoms with E-state index >= 15 is 0 Å². The number of thioether (sulfide) groups is 1. The van der Waals surface area contributed by atoms with Crippen LogP contribution in [0.2, 0.25) is 5.02 Å². The van der Waals surface area contributed by atoms with E-state index in [0.29, 0.717) is 17.3 Å². The highest BCUT2D eigenvalue weighted by Gasteiger charge is 2.27. The van der Waals surface area contributed by atoms with Gasteiger partial charge in [0.2, 0.25) is 11.8 Å². The van der Waals surface area contributed by atoms with E-state index in [1.807, 2.05) is 69.3 Å². The van der Waals surface area contributed by atoms with Crippen molar-refractivity contribution in [2.45, 2.75) is 58.5 Å². The number of nitrogens with zero attached hydrogens (tertiary/aromatic N) is 1. The Balaban J connectivity index is 2.10. The number of benzene rings is 2. The van der Waals surface area contributed by atoms with Crippen molar-refractivity contribution < 1.29 is 9.59 Å². The first-order valence-corrected chi connectivity index (χ1v) is 11.8. The van der Waals surface area contributed by atoms with Crippen molar-refractivity contribution in [2.75, 3.05) is 5.75 Å². The third-order valence-electron chi connectivity index (χ3n) is 5.21. The molecule has 2 atom stereocenters. The molecule has 0 aromatic heterocycles. The van der Waals surface area contributed by atoms with Gasteiger partial charge in [-0.25, -0.2) is 0 Å². The van der Waals surface area contributed by atoms with Gasteiger partial charge in [-0.05, 0) is 49.9 Å². The van der Waals surface area contributed by atoms with Gasteiger partial charge in [-0.15, -0.1) is 11.8 Å². The van der Waals surface area contributed by atoms with Gasteiger partial charge in [-0.3, -0.25) is 9.59 Å². The number of carbonyl (C=O) groups is 2. The van der Waals surface area contributed by atoms with Crippen LogP contribution < -0.4 is 5.32 Å². The largest absolute Gasteiger partial charge is 0.352 e. The maximum absolute atomic E-state index is 13.1. The number of nitrogens with one attached hydrogen (secondary N) is 1. The fourth-order valence-electron chi connectivity index (χ4n) is 2.97. The van der Waals surface area contributed by atoms with Crippen molar-refractivity contribution in [1.82, 2.24) is 10.2 Å². The molecule has 2 aromatic rings. The summed E-state index contributed by atoms with van der Waals surface area (Å²) in [6.07, 6.45) is 0.845. The fraction of sp³-hybridized carbons (Fsp3) is 0.417. The fourth-order valence-corrected chi connectivity index (χ4v) is 4.16. The van der Waals surface area contributed by atoms with E-state index in [2.05, 4.69) is 5.32 Å². The summed E-state index contributed by atoms with van der Waals surface area (Å²) >= 11 is 7.73. The number of halogens is 1. The van der Waals surface area contributed by atoms with E-state index in [0.717, 1.165) is 23.1 Å². The van der Waals surface area contributed by atoms with E-state index in [9.17, 15) is 9.59 Å². The van der Waals surface area contributed by atoms with Gasteiger partial charge in [0, 0.05) is 23.4 Å². The summed E-state index contributed by atoms with van der Waals surface area (Å²) in [7, 11) is 0. The number of aryl methyl sites for hydroxylation is 1. The molecule has 6 heteroatoms. The highest BCUT2D eigenvalue weighted by atomic mass is 35.5. The molecule has 0 fully saturated rings. The highest BCUT2D eigenvalue weighted by Crippen LogP contribution is 2.22. The molecule has 2 aromatic carbocycles. The molecule has 4 nitrogen and oxygen atoms in total. The van der Waals surface area contributed by atoms with Crippen LogP contribution in [0.3, 0.4) is 0 Å². The lowest BCUT2D eigenvalue weighted by Gasteiger charge is -2.30. The predicted molar refractivity (Wildman–Crippen MR) is 127 cm³/mol. The topological polar surface area (TPSA) is 49.4 Å². The Morgan fingerprint density at radius 1 is 1.07 bits per heavy atom. The molecule has 0 heterocycles. The monoisotopic (exact) mass is 446 g/mol. The lowest BCUT2D eigenvalue weighted by Crippen LogP contribution is -2.50. The minimum atomic E-state index is -0.549. The van der Waals surface area contributed by atoms with Crippen LogP contribution in [0.4, 0.5) is 0 Å². The first kappa shape index (κ1) is 24.3. The van der Waals surface area contributed by atoms with Gasteiger partial charge in [0.1, 0.15) is 6.04 Å². The second kappa shape index (κ2) is 12.0. The van der Waals surface area contributed by atoms with Gasteiger partial charge in [-0.1, -0.05) is 61.0 Å². The van der Waals surface area contributed by atoms with Gasteiger partial charge < -0.3 is 10.2 Å². The number of hydrogen-bond donors (Lipinski definition) is 1. The molecule has 0 saturated heterocycles. The van der Waals surface area contributed by atoms with E-state index < -0.39 is 6.04 Å². The lowest BCUT2D eigenvalue weighted by atomic mass is 10.1. The summed E-state index contributed by atoms with van der Waals surface area (Å²) in [4.78, 5) is 27.6. The first-order valence-electron chi connectivity index (χ1n) is 10.3. The van der Waals surface area contributed by atoms with Crippen molar-refractivity contribution in [1.29, 1.82) is 0 Å². The van der Waals surface area contributed by atoms with Crippen LogP contribution >= 0.6 is 23.4 Å². The molecular formula is C24H31ClN2O2S. The number of rotatable bonds is 10. The van der Waals surface area contributed by atoms with Gasteiger partial charge in [0.05, 0.1) is 5.75 Å². The van der Waals surface area contributed by atoms with Crippen molar-refractivity contribution in [2.24, 2.45) is 0 Å². The molecule has 30 heavy (non-hydrogen) atoms. The Labute approximate surface area is 189 Å². The zero-order valence-electron chi connectivity index (χ0n) is 18.2. The standard InChI is InChI=1S/C24H31ClN2O2S/c1-5-18(3)26-24(29)19(4)27(14-20-11-7-6-10-17(20)2)23(28)16-30-15-21-12-8-9-13-22(21)25/h6-13,18-19H,5,14-16H2,1-4H3,(H,26,29)/t18-,19+/m0/s1. The second-order valence-corrected chi connectivity index (χ2v) is 8.92. The molecule has 0 bridgehead atoms. The molecule has 2 amide bonds. The SMILES string of the molecule is CC[C@H](C)NC(=O)[C@@H](C)N(Cc1ccccc1C)C(=O)CSCc1ccccc1Cl. The van der Waals surface area contributed by atoms with Crippen LogP contribution in [0.15, 0.2) is 48.5 Å². The Morgan fingerprint density at radius 2 is 1.70 bits per heavy atom. The Morgan fingerprint density at radius 3 is 2.33 bits per heavy atom. The first-order chi connectivity index (χ1) is 14.3. The molecule has 1 N–H and O–H groups in total.